The minimum absolute atomic E-state index is 0.0445. The quantitative estimate of drug-likeness (QED) is 0.767. The summed E-state index contributed by atoms with van der Waals surface area (Å²) in [6.07, 6.45) is 3.41. The Hall–Kier alpha value is -0.610. The van der Waals surface area contributed by atoms with Gasteiger partial charge in [0, 0.05) is 0 Å². The van der Waals surface area contributed by atoms with E-state index in [1.807, 2.05) is 6.92 Å². The zero-order chi connectivity index (χ0) is 16.8. The average molecular weight is 310 g/mol. The fraction of sp³-hybridized carbons (Fsp3) is 0.944. The van der Waals surface area contributed by atoms with E-state index in [0.29, 0.717) is 12.5 Å². The summed E-state index contributed by atoms with van der Waals surface area (Å²) in [6.45, 7) is 15.5. The van der Waals surface area contributed by atoms with Crippen molar-refractivity contribution in [1.29, 1.82) is 0 Å². The maximum Gasteiger partial charge on any atom is 0.324 e. The number of nitrogens with two attached hydrogens (primary N) is 1. The summed E-state index contributed by atoms with van der Waals surface area (Å²) < 4.78 is 5.31. The summed E-state index contributed by atoms with van der Waals surface area (Å²) >= 11 is 0. The van der Waals surface area contributed by atoms with Crippen LogP contribution in [0.4, 0.5) is 0 Å². The number of hydrogen-bond acceptors (Lipinski definition) is 4. The Balaban J connectivity index is 2.52. The summed E-state index contributed by atoms with van der Waals surface area (Å²) in [5, 5.41) is 0. The SMILES string of the molecule is CCOC(=O)[C@@H](N)[C@]1(N(CC)CC)C[C@H]2CC[C@@]1(C)C2(C)C. The molecule has 22 heavy (non-hydrogen) atoms. The van der Waals surface area contributed by atoms with Crippen molar-refractivity contribution in [3.8, 4) is 0 Å². The number of carbonyl (C=O) groups excluding carboxylic acids is 1. The van der Waals surface area contributed by atoms with Gasteiger partial charge in [0.2, 0.25) is 0 Å². The van der Waals surface area contributed by atoms with Gasteiger partial charge in [0.15, 0.2) is 0 Å². The molecular weight excluding hydrogens is 276 g/mol. The van der Waals surface area contributed by atoms with E-state index in [1.54, 1.807) is 0 Å². The molecule has 2 saturated carbocycles. The van der Waals surface area contributed by atoms with Gasteiger partial charge >= 0.3 is 5.97 Å². The predicted molar refractivity (Wildman–Crippen MR) is 89.5 cm³/mol. The standard InChI is InChI=1S/C18H34N2O2/c1-7-20(8-2)18(14(19)15(21)22-9-3)12-13-10-11-17(18,6)16(13,4)5/h13-14H,7-12,19H2,1-6H3/t13-,14-,17+,18-/m1/s1. The Morgan fingerprint density at radius 3 is 2.23 bits per heavy atom. The van der Waals surface area contributed by atoms with Crippen LogP contribution in [0.25, 0.3) is 0 Å². The van der Waals surface area contributed by atoms with Crippen LogP contribution in [0, 0.1) is 16.7 Å². The van der Waals surface area contributed by atoms with E-state index in [0.717, 1.165) is 25.9 Å². The van der Waals surface area contributed by atoms with Gasteiger partial charge in [-0.15, -0.1) is 0 Å². The lowest BCUT2D eigenvalue weighted by molar-refractivity contribution is -0.155. The van der Waals surface area contributed by atoms with Crippen LogP contribution in [0.2, 0.25) is 0 Å². The molecule has 0 aromatic rings. The molecule has 0 spiro atoms. The minimum Gasteiger partial charge on any atom is -0.465 e. The summed E-state index contributed by atoms with van der Waals surface area (Å²) in [5.74, 6) is 0.401. The molecule has 2 bridgehead atoms. The maximum atomic E-state index is 12.5. The Morgan fingerprint density at radius 2 is 1.86 bits per heavy atom. The predicted octanol–water partition coefficient (Wildman–Crippen LogP) is 2.80. The van der Waals surface area contributed by atoms with Gasteiger partial charge in [-0.1, -0.05) is 34.6 Å². The molecule has 0 heterocycles. The molecule has 2 fully saturated rings. The van der Waals surface area contributed by atoms with Crippen molar-refractivity contribution in [1.82, 2.24) is 4.90 Å². The molecule has 0 aliphatic heterocycles. The molecular formula is C18H34N2O2. The smallest absolute Gasteiger partial charge is 0.324 e. The third kappa shape index (κ3) is 1.99. The van der Waals surface area contributed by atoms with Crippen molar-refractivity contribution in [2.75, 3.05) is 19.7 Å². The summed E-state index contributed by atoms with van der Waals surface area (Å²) in [6, 6.07) is -0.568. The molecule has 2 rings (SSSR count). The number of likely N-dealkylation sites (N-methyl/N-ethyl adjacent to an activating group) is 1. The molecule has 0 unspecified atom stereocenters. The Bertz CT molecular complexity index is 433. The Morgan fingerprint density at radius 1 is 1.27 bits per heavy atom. The normalized spacial score (nSPS) is 37.5. The molecule has 4 atom stereocenters. The Kier molecular flexibility index (Phi) is 4.67. The van der Waals surface area contributed by atoms with E-state index in [2.05, 4.69) is 39.5 Å². The largest absolute Gasteiger partial charge is 0.465 e. The van der Waals surface area contributed by atoms with E-state index in [9.17, 15) is 4.79 Å². The molecule has 0 aromatic carbocycles. The third-order valence-electron chi connectivity index (χ3n) is 7.33. The topological polar surface area (TPSA) is 55.6 Å². The second-order valence-corrected chi connectivity index (χ2v) is 7.82. The van der Waals surface area contributed by atoms with E-state index in [4.69, 9.17) is 10.5 Å². The van der Waals surface area contributed by atoms with E-state index < -0.39 is 6.04 Å². The van der Waals surface area contributed by atoms with Crippen molar-refractivity contribution >= 4 is 5.97 Å². The van der Waals surface area contributed by atoms with Crippen LogP contribution >= 0.6 is 0 Å². The van der Waals surface area contributed by atoms with Crippen LogP contribution in [0.15, 0.2) is 0 Å². The lowest BCUT2D eigenvalue weighted by Crippen LogP contribution is -2.70. The minimum atomic E-state index is -0.568. The zero-order valence-electron chi connectivity index (χ0n) is 15.2. The van der Waals surface area contributed by atoms with Gasteiger partial charge in [-0.3, -0.25) is 9.69 Å². The third-order valence-corrected chi connectivity index (χ3v) is 7.33. The first-order valence-electron chi connectivity index (χ1n) is 8.90. The van der Waals surface area contributed by atoms with E-state index in [1.165, 1.54) is 6.42 Å². The summed E-state index contributed by atoms with van der Waals surface area (Å²) in [5.41, 5.74) is 6.54. The highest BCUT2D eigenvalue weighted by Crippen LogP contribution is 2.71. The average Bonchev–Trinajstić information content (AvgIpc) is 2.80. The molecule has 4 heteroatoms. The molecule has 2 N–H and O–H groups in total. The van der Waals surface area contributed by atoms with Gasteiger partial charge in [0.25, 0.3) is 0 Å². The molecule has 2 aliphatic carbocycles. The first-order valence-corrected chi connectivity index (χ1v) is 8.90. The van der Waals surface area contributed by atoms with Crippen molar-refractivity contribution in [3.05, 3.63) is 0 Å². The highest BCUT2D eigenvalue weighted by atomic mass is 16.5. The van der Waals surface area contributed by atoms with Gasteiger partial charge in [0.1, 0.15) is 6.04 Å². The van der Waals surface area contributed by atoms with Gasteiger partial charge < -0.3 is 10.5 Å². The van der Waals surface area contributed by atoms with Crippen molar-refractivity contribution < 1.29 is 9.53 Å². The molecule has 0 radical (unpaired) electrons. The summed E-state index contributed by atoms with van der Waals surface area (Å²) in [4.78, 5) is 15.0. The second-order valence-electron chi connectivity index (χ2n) is 7.82. The number of esters is 1. The number of rotatable bonds is 6. The fourth-order valence-corrected chi connectivity index (χ4v) is 5.69. The van der Waals surface area contributed by atoms with E-state index >= 15 is 0 Å². The first-order chi connectivity index (χ1) is 10.2. The molecule has 2 aliphatic rings. The van der Waals surface area contributed by atoms with Crippen LogP contribution < -0.4 is 5.73 Å². The monoisotopic (exact) mass is 310 g/mol. The lowest BCUT2D eigenvalue weighted by Gasteiger charge is -2.56. The first kappa shape index (κ1) is 17.7. The van der Waals surface area contributed by atoms with E-state index in [-0.39, 0.29) is 22.3 Å². The van der Waals surface area contributed by atoms with Crippen molar-refractivity contribution in [2.24, 2.45) is 22.5 Å². The van der Waals surface area contributed by atoms with Crippen LogP contribution in [0.1, 0.15) is 60.8 Å². The second kappa shape index (κ2) is 5.79. The van der Waals surface area contributed by atoms with Crippen molar-refractivity contribution in [2.45, 2.75) is 72.4 Å². The fourth-order valence-electron chi connectivity index (χ4n) is 5.69. The van der Waals surface area contributed by atoms with Crippen molar-refractivity contribution in [3.63, 3.8) is 0 Å². The Labute approximate surface area is 135 Å². The van der Waals surface area contributed by atoms with Crippen LogP contribution in [0.5, 0.6) is 0 Å². The zero-order valence-corrected chi connectivity index (χ0v) is 15.2. The number of fused-ring (bicyclic) bond motifs is 2. The molecule has 0 aromatic heterocycles. The molecule has 128 valence electrons. The maximum absolute atomic E-state index is 12.5. The number of nitrogens with zero attached hydrogens (tertiary/aromatic N) is 1. The van der Waals surface area contributed by atoms with Gasteiger partial charge in [-0.25, -0.2) is 0 Å². The molecule has 4 nitrogen and oxygen atoms in total. The number of hydrogen-bond donors (Lipinski definition) is 1. The lowest BCUT2D eigenvalue weighted by atomic mass is 9.59. The van der Waals surface area contributed by atoms with Crippen LogP contribution in [-0.4, -0.2) is 42.1 Å². The number of carbonyl (C=O) groups is 1. The van der Waals surface area contributed by atoms with Gasteiger partial charge in [0.05, 0.1) is 12.1 Å². The van der Waals surface area contributed by atoms with Gasteiger partial charge in [-0.05, 0) is 56.0 Å². The molecule has 0 amide bonds. The summed E-state index contributed by atoms with van der Waals surface area (Å²) in [7, 11) is 0. The van der Waals surface area contributed by atoms with Gasteiger partial charge in [-0.2, -0.15) is 0 Å². The highest BCUT2D eigenvalue weighted by Gasteiger charge is 2.72. The molecule has 0 saturated heterocycles. The highest BCUT2D eigenvalue weighted by molar-refractivity contribution is 5.78. The van der Waals surface area contributed by atoms with Crippen LogP contribution in [-0.2, 0) is 9.53 Å². The van der Waals surface area contributed by atoms with Crippen LogP contribution in [0.3, 0.4) is 0 Å². The number of ether oxygens (including phenoxy) is 1.